The van der Waals surface area contributed by atoms with Crippen LogP contribution in [0.5, 0.6) is 0 Å². The monoisotopic (exact) mass is 1760 g/mol. The number of methoxy groups -OCH3 is 2. The molecule has 16 rings (SSSR count). The summed E-state index contributed by atoms with van der Waals surface area (Å²) >= 11 is 0. The largest absolute Gasteiger partial charge is 0.507 e. The lowest BCUT2D eigenvalue weighted by atomic mass is 10.0. The van der Waals surface area contributed by atoms with Crippen molar-refractivity contribution in [1.29, 1.82) is 0 Å². The number of esters is 2. The Kier molecular flexibility index (Phi) is 31.6. The Labute approximate surface area is 752 Å². The van der Waals surface area contributed by atoms with Gasteiger partial charge in [0.05, 0.1) is 14.2 Å². The maximum atomic E-state index is 12.4. The molecular weight excluding hydrogens is 1670 g/mol. The molecule has 4 aromatic heterocycles. The highest BCUT2D eigenvalue weighted by atomic mass is 17.2. The van der Waals surface area contributed by atoms with E-state index in [0.717, 1.165) is 92.9 Å². The van der Waals surface area contributed by atoms with E-state index in [9.17, 15) is 69.3 Å². The van der Waals surface area contributed by atoms with Gasteiger partial charge < -0.3 is 68.6 Å². The van der Waals surface area contributed by atoms with Crippen LogP contribution in [-0.4, -0.2) is 114 Å². The summed E-state index contributed by atoms with van der Waals surface area (Å²) in [5, 5.41) is 80.7. The zero-order valence-corrected chi connectivity index (χ0v) is 71.3. The molecule has 131 heavy (non-hydrogen) atoms. The smallest absolute Gasteiger partial charge is 0.378 e. The number of carbonyl (C=O) groups is 7. The van der Waals surface area contributed by atoms with Gasteiger partial charge in [0.1, 0.15) is 42.7 Å². The third-order valence-corrected chi connectivity index (χ3v) is 21.3. The Morgan fingerprint density at radius 2 is 0.550 bits per heavy atom. The summed E-state index contributed by atoms with van der Waals surface area (Å²) in [4.78, 5) is 105. The van der Waals surface area contributed by atoms with E-state index >= 15 is 0 Å². The molecule has 0 aliphatic carbocycles. The van der Waals surface area contributed by atoms with E-state index < -0.39 is 65.5 Å². The zero-order valence-electron chi connectivity index (χ0n) is 71.3. The summed E-state index contributed by atoms with van der Waals surface area (Å²) < 4.78 is 16.6. The first kappa shape index (κ1) is 92.8. The molecule has 0 atom stereocenters. The number of Topliss-reactive ketones (excluding diaryl/α,β-unsaturated/α-hetero) is 1. The highest BCUT2D eigenvalue weighted by Gasteiger charge is 2.25. The van der Waals surface area contributed by atoms with Gasteiger partial charge in [-0.15, -0.1) is 0 Å². The molecule has 0 spiro atoms. The molecule has 0 aliphatic rings. The van der Waals surface area contributed by atoms with Gasteiger partial charge in [0.25, 0.3) is 17.3 Å². The molecule has 0 saturated carbocycles. The summed E-state index contributed by atoms with van der Waals surface area (Å²) in [6.07, 6.45) is 5.10. The SMILES string of the molecule is CC(=O)c1cn(Cc2ccccc2)c2ccc(COOC(c3ccccc3)c3ccccc3)cc12.COC(=O)C(=O)C=C(O)c1cn(Cc2ccccc2)c2ccc(C(O)O)cc12.COC(=O)C(=O)C=C(O)c1cn(Cc2ccccc2)c2ccc(COOC(c3ccccc3)c3ccccc3)cc12.O=C(O)C(=O)C=C(O)c1cn(Cc2ccccc2)c2ccc(C(O)O)cc12. The second-order valence-electron chi connectivity index (χ2n) is 30.3. The number of aromatic nitrogens is 4. The number of fused-ring (bicyclic) bond motifs is 4. The number of carboxylic acid groups (broad SMARTS) is 1. The first-order valence-corrected chi connectivity index (χ1v) is 41.4. The second kappa shape index (κ2) is 44.6. The lowest BCUT2D eigenvalue weighted by Gasteiger charge is -2.17. The average Bonchev–Trinajstić information content (AvgIpc) is 1.62. The van der Waals surface area contributed by atoms with Gasteiger partial charge in [-0.2, -0.15) is 0 Å². The number of carbonyl (C=O) groups excluding carboxylic acids is 6. The Bertz CT molecular complexity index is 6690. The van der Waals surface area contributed by atoms with Crippen molar-refractivity contribution >= 4 is 102 Å². The number of ether oxygens (including phenoxy) is 2. The van der Waals surface area contributed by atoms with E-state index in [1.54, 1.807) is 49.8 Å². The van der Waals surface area contributed by atoms with Crippen LogP contribution in [0.3, 0.4) is 0 Å². The number of rotatable bonds is 32. The van der Waals surface area contributed by atoms with Gasteiger partial charge in [-0.25, -0.2) is 33.9 Å². The first-order valence-electron chi connectivity index (χ1n) is 41.4. The van der Waals surface area contributed by atoms with Crippen molar-refractivity contribution in [2.75, 3.05) is 14.2 Å². The van der Waals surface area contributed by atoms with Crippen LogP contribution < -0.4 is 0 Å². The van der Waals surface area contributed by atoms with E-state index in [1.807, 2.05) is 281 Å². The maximum absolute atomic E-state index is 12.4. The summed E-state index contributed by atoms with van der Waals surface area (Å²) in [6, 6.07) is 100. The number of hydrogen-bond donors (Lipinski definition) is 8. The fraction of sp³-hybridized carbons (Fsp3) is 0.123. The summed E-state index contributed by atoms with van der Waals surface area (Å²) in [7, 11) is 2.19. The number of hydrogen-bond acceptors (Lipinski definition) is 20. The minimum absolute atomic E-state index is 0.0457. The normalized spacial score (nSPS) is 11.6. The summed E-state index contributed by atoms with van der Waals surface area (Å²) in [5.74, 6) is -8.24. The van der Waals surface area contributed by atoms with Gasteiger partial charge in [0.15, 0.2) is 18.4 Å². The molecule has 8 N–H and O–H groups in total. The Balaban J connectivity index is 0.000000151. The molecule has 25 nitrogen and oxygen atoms in total. The van der Waals surface area contributed by atoms with Crippen molar-refractivity contribution in [3.05, 3.63) is 447 Å². The van der Waals surface area contributed by atoms with Crippen molar-refractivity contribution in [2.24, 2.45) is 0 Å². The Morgan fingerprint density at radius 1 is 0.298 bits per heavy atom. The standard InChI is InChI=1S/C34H29NO6.C31H27NO3.C21H19NO6.C20H17NO6/c1-39-34(38)32(37)20-31(36)29-22-35(21-24-11-5-2-6-12-24)30-18-17-25(19-28(29)30)23-40-41-33(26-13-7-3-8-14-26)27-15-9-4-10-16-27;1-23(33)29-21-32(20-24-11-5-2-6-12-24)30-18-17-25(19-28(29)30)22-34-35-31(26-13-7-3-8-14-26)27-15-9-4-10-16-27;1-28-21(27)19(24)10-18(23)16-12-22(11-13-5-3-2-4-6-13)17-8-7-14(20(25)26)9-15(16)17;22-17(9-18(23)20(26)27)15-11-21(10-12-4-2-1-3-5-12)16-7-6-13(19(24)25)8-14(15)16/h2-20,22,33,36H,21,23H2,1H3;2-19,21,31H,20,22H2,1H3;2-10,12,20,23,25-26H,11H2,1H3;1-9,11,19,22,24-25H,10H2,(H,26,27). The topological polar surface area (TPSA) is 356 Å². The molecule has 662 valence electrons. The van der Waals surface area contributed by atoms with Gasteiger partial charge in [-0.1, -0.05) is 267 Å². The number of benzene rings is 12. The minimum atomic E-state index is -1.70. The number of nitrogens with zero attached hydrogens (tertiary/aromatic N) is 4. The maximum Gasteiger partial charge on any atom is 0.378 e. The van der Waals surface area contributed by atoms with Crippen molar-refractivity contribution in [3.8, 4) is 0 Å². The van der Waals surface area contributed by atoms with Gasteiger partial charge in [0.2, 0.25) is 0 Å². The molecule has 4 heterocycles. The van der Waals surface area contributed by atoms with Crippen LogP contribution in [-0.2, 0) is 97.2 Å². The quantitative estimate of drug-likeness (QED) is 0.00284. The molecule has 16 aromatic rings. The van der Waals surface area contributed by atoms with Crippen molar-refractivity contribution in [2.45, 2.75) is 71.1 Å². The van der Waals surface area contributed by atoms with E-state index in [1.165, 1.54) is 17.7 Å². The fourth-order valence-electron chi connectivity index (χ4n) is 14.8. The third kappa shape index (κ3) is 24.1. The lowest BCUT2D eigenvalue weighted by Crippen LogP contribution is -2.13. The van der Waals surface area contributed by atoms with Crippen LogP contribution in [0.25, 0.3) is 60.9 Å². The lowest BCUT2D eigenvalue weighted by molar-refractivity contribution is -0.327. The number of aliphatic carboxylic acids is 1. The van der Waals surface area contributed by atoms with Crippen LogP contribution in [0.2, 0.25) is 0 Å². The van der Waals surface area contributed by atoms with Gasteiger partial charge in [0, 0.05) is 146 Å². The van der Waals surface area contributed by atoms with Crippen LogP contribution in [0.15, 0.2) is 358 Å². The highest BCUT2D eigenvalue weighted by molar-refractivity contribution is 6.40. The molecular formula is C106H92N4O21. The van der Waals surface area contributed by atoms with Crippen LogP contribution in [0.4, 0.5) is 0 Å². The van der Waals surface area contributed by atoms with Gasteiger partial charge in [-0.05, 0) is 111 Å². The van der Waals surface area contributed by atoms with E-state index in [0.29, 0.717) is 70.6 Å². The molecule has 0 saturated heterocycles. The van der Waals surface area contributed by atoms with Crippen LogP contribution in [0, 0.1) is 0 Å². The molecule has 0 fully saturated rings. The summed E-state index contributed by atoms with van der Waals surface area (Å²) in [5.41, 5.74) is 15.3. The highest BCUT2D eigenvalue weighted by Crippen LogP contribution is 2.36. The molecule has 12 aromatic carbocycles. The Morgan fingerprint density at radius 3 is 0.817 bits per heavy atom. The predicted molar refractivity (Wildman–Crippen MR) is 494 cm³/mol. The molecule has 0 amide bonds. The molecule has 0 radical (unpaired) electrons. The van der Waals surface area contributed by atoms with Crippen LogP contribution in [0.1, 0.15) is 126 Å². The fourth-order valence-corrected chi connectivity index (χ4v) is 14.8. The molecule has 0 unspecified atom stereocenters. The third-order valence-electron chi connectivity index (χ3n) is 21.3. The Hall–Kier alpha value is -15.8. The van der Waals surface area contributed by atoms with Crippen LogP contribution >= 0.6 is 0 Å². The summed E-state index contributed by atoms with van der Waals surface area (Å²) in [6.45, 7) is 4.24. The predicted octanol–water partition coefficient (Wildman–Crippen LogP) is 18.2. The molecule has 25 heteroatoms. The zero-order chi connectivity index (χ0) is 92.5. The van der Waals surface area contributed by atoms with Gasteiger partial charge in [-0.3, -0.25) is 19.2 Å². The van der Waals surface area contributed by atoms with E-state index in [4.69, 9.17) is 24.7 Å². The van der Waals surface area contributed by atoms with E-state index in [-0.39, 0.29) is 53.1 Å². The van der Waals surface area contributed by atoms with Crippen molar-refractivity contribution in [1.82, 2.24) is 18.3 Å². The van der Waals surface area contributed by atoms with Crippen molar-refractivity contribution < 1.29 is 103 Å². The van der Waals surface area contributed by atoms with E-state index in [2.05, 4.69) is 32.2 Å². The molecule has 0 bridgehead atoms. The minimum Gasteiger partial charge on any atom is -0.507 e. The number of carboxylic acids is 1. The second-order valence-corrected chi connectivity index (χ2v) is 30.3. The molecule has 0 aliphatic heterocycles. The number of aliphatic hydroxyl groups is 7. The number of ketones is 4. The first-order chi connectivity index (χ1) is 63.5. The van der Waals surface area contributed by atoms with Gasteiger partial charge >= 0.3 is 17.9 Å². The number of aliphatic hydroxyl groups excluding tert-OH is 5. The van der Waals surface area contributed by atoms with Crippen molar-refractivity contribution in [3.63, 3.8) is 0 Å². The average molecular weight is 1760 g/mol.